The summed E-state index contributed by atoms with van der Waals surface area (Å²) in [6.45, 7) is 10.8. The second-order valence-corrected chi connectivity index (χ2v) is 11.9. The molecule has 2 aliphatic heterocycles. The standard InChI is InChI=1S/C29H42N2O8/c1-17(25(34)30-16-20-15-19(27(36)37-20)14-18-10-8-7-9-11-18)31-26(35)23(33)24-22(32)21(12-13-28(2,3)4)38-29(5,6)39-24/h7-13,17,19-24,32-33H,14-16H2,1-6H3,(H,30,34)(H,31,35)/b13-12+/t17-,19?,20?,21+,22-,23+,24+/m0/s1. The molecule has 0 aliphatic carbocycles. The maximum Gasteiger partial charge on any atom is 0.309 e. The van der Waals surface area contributed by atoms with Gasteiger partial charge in [-0.05, 0) is 44.6 Å². The van der Waals surface area contributed by atoms with Crippen molar-refractivity contribution in [2.24, 2.45) is 11.3 Å². The van der Waals surface area contributed by atoms with Gasteiger partial charge in [-0.1, -0.05) is 63.3 Å². The van der Waals surface area contributed by atoms with Crippen molar-refractivity contribution in [1.29, 1.82) is 0 Å². The molecule has 2 amide bonds. The quantitative estimate of drug-likeness (QED) is 0.270. The van der Waals surface area contributed by atoms with Crippen LogP contribution in [0.1, 0.15) is 53.5 Å². The lowest BCUT2D eigenvalue weighted by Gasteiger charge is -2.44. The summed E-state index contributed by atoms with van der Waals surface area (Å²) < 4.78 is 16.9. The number of carbonyl (C=O) groups is 3. The van der Waals surface area contributed by atoms with Gasteiger partial charge in [0, 0.05) is 0 Å². The lowest BCUT2D eigenvalue weighted by Crippen LogP contribution is -2.61. The molecule has 0 aromatic heterocycles. The molecule has 0 radical (unpaired) electrons. The van der Waals surface area contributed by atoms with Gasteiger partial charge in [0.05, 0.1) is 12.5 Å². The van der Waals surface area contributed by atoms with Crippen LogP contribution in [0.15, 0.2) is 42.5 Å². The average molecular weight is 547 g/mol. The maximum atomic E-state index is 12.8. The minimum absolute atomic E-state index is 0.108. The molecule has 7 atom stereocenters. The molecule has 0 saturated carbocycles. The predicted octanol–water partition coefficient (Wildman–Crippen LogP) is 1.63. The van der Waals surface area contributed by atoms with Gasteiger partial charge in [0.15, 0.2) is 11.9 Å². The van der Waals surface area contributed by atoms with Crippen molar-refractivity contribution < 1.29 is 38.8 Å². The van der Waals surface area contributed by atoms with Gasteiger partial charge in [0.25, 0.3) is 5.91 Å². The minimum atomic E-state index is -1.75. The first-order chi connectivity index (χ1) is 18.1. The number of ether oxygens (including phenoxy) is 3. The lowest BCUT2D eigenvalue weighted by atomic mass is 9.93. The summed E-state index contributed by atoms with van der Waals surface area (Å²) in [7, 11) is 0. The van der Waals surface area contributed by atoms with Crippen molar-refractivity contribution in [2.45, 2.75) is 96.7 Å². The van der Waals surface area contributed by atoms with Crippen molar-refractivity contribution in [3.05, 3.63) is 48.0 Å². The maximum absolute atomic E-state index is 12.8. The highest BCUT2D eigenvalue weighted by Crippen LogP contribution is 2.31. The number of amides is 2. The monoisotopic (exact) mass is 546 g/mol. The summed E-state index contributed by atoms with van der Waals surface area (Å²) in [6, 6.07) is 8.65. The Labute approximate surface area is 230 Å². The minimum Gasteiger partial charge on any atom is -0.460 e. The fraction of sp³-hybridized carbons (Fsp3) is 0.621. The lowest BCUT2D eigenvalue weighted by molar-refractivity contribution is -0.333. The average Bonchev–Trinajstić information content (AvgIpc) is 3.21. The third kappa shape index (κ3) is 8.86. The second-order valence-electron chi connectivity index (χ2n) is 11.9. The number of rotatable bonds is 9. The van der Waals surface area contributed by atoms with E-state index in [9.17, 15) is 24.6 Å². The molecule has 1 aromatic rings. The van der Waals surface area contributed by atoms with Crippen LogP contribution in [-0.2, 0) is 35.0 Å². The van der Waals surface area contributed by atoms with Gasteiger partial charge in [-0.15, -0.1) is 0 Å². The van der Waals surface area contributed by atoms with Crippen molar-refractivity contribution in [2.75, 3.05) is 6.54 Å². The summed E-state index contributed by atoms with van der Waals surface area (Å²) in [5, 5.41) is 26.7. The van der Waals surface area contributed by atoms with Crippen LogP contribution in [0.2, 0.25) is 0 Å². The summed E-state index contributed by atoms with van der Waals surface area (Å²) in [5.41, 5.74) is 0.872. The number of esters is 1. The Morgan fingerprint density at radius 3 is 2.46 bits per heavy atom. The Balaban J connectivity index is 1.50. The van der Waals surface area contributed by atoms with Gasteiger partial charge in [0.2, 0.25) is 5.91 Å². The van der Waals surface area contributed by atoms with Crippen molar-refractivity contribution in [1.82, 2.24) is 10.6 Å². The molecule has 0 bridgehead atoms. The van der Waals surface area contributed by atoms with Crippen molar-refractivity contribution >= 4 is 17.8 Å². The van der Waals surface area contributed by atoms with E-state index in [-0.39, 0.29) is 23.8 Å². The van der Waals surface area contributed by atoms with E-state index >= 15 is 0 Å². The van der Waals surface area contributed by atoms with E-state index in [1.165, 1.54) is 6.92 Å². The van der Waals surface area contributed by atoms with Gasteiger partial charge in [-0.25, -0.2) is 0 Å². The van der Waals surface area contributed by atoms with E-state index in [2.05, 4.69) is 10.6 Å². The number of allylic oxidation sites excluding steroid dienone is 1. The zero-order valence-electron chi connectivity index (χ0n) is 23.5. The van der Waals surface area contributed by atoms with Crippen LogP contribution in [0.5, 0.6) is 0 Å². The molecule has 1 aromatic carbocycles. The van der Waals surface area contributed by atoms with Crippen molar-refractivity contribution in [3.8, 4) is 0 Å². The van der Waals surface area contributed by atoms with E-state index in [1.807, 2.05) is 57.2 Å². The molecule has 4 N–H and O–H groups in total. The molecule has 2 saturated heterocycles. The van der Waals surface area contributed by atoms with E-state index < -0.39 is 54.2 Å². The Bertz CT molecular complexity index is 1040. The first-order valence-corrected chi connectivity index (χ1v) is 13.4. The normalized spacial score (nSPS) is 28.5. The third-order valence-corrected chi connectivity index (χ3v) is 6.62. The topological polar surface area (TPSA) is 143 Å². The van der Waals surface area contributed by atoms with Gasteiger partial charge in [-0.3, -0.25) is 14.4 Å². The Morgan fingerprint density at radius 1 is 1.15 bits per heavy atom. The summed E-state index contributed by atoms with van der Waals surface area (Å²) in [5.74, 6) is -3.11. The number of nitrogens with one attached hydrogen (secondary N) is 2. The SMILES string of the molecule is C[C@H](NC(=O)[C@H](O)[C@@H]1OC(C)(C)O[C@H](/C=C/C(C)(C)C)[C@@H]1O)C(=O)NCC1CC(Cc2ccccc2)C(=O)O1. The van der Waals surface area contributed by atoms with E-state index in [0.29, 0.717) is 12.8 Å². The largest absolute Gasteiger partial charge is 0.460 e. The molecule has 2 aliphatic rings. The second kappa shape index (κ2) is 12.6. The molecule has 10 heteroatoms. The van der Waals surface area contributed by atoms with Crippen LogP contribution in [0.3, 0.4) is 0 Å². The van der Waals surface area contributed by atoms with Crippen LogP contribution in [0, 0.1) is 11.3 Å². The fourth-order valence-corrected chi connectivity index (χ4v) is 4.59. The number of cyclic esters (lactones) is 1. The van der Waals surface area contributed by atoms with Crippen LogP contribution < -0.4 is 10.6 Å². The number of aliphatic hydroxyl groups excluding tert-OH is 2. The molecule has 2 heterocycles. The molecule has 3 rings (SSSR count). The number of aliphatic hydroxyl groups is 2. The van der Waals surface area contributed by atoms with Gasteiger partial charge in [-0.2, -0.15) is 0 Å². The molecule has 2 fully saturated rings. The number of hydrogen-bond acceptors (Lipinski definition) is 8. The van der Waals surface area contributed by atoms with Gasteiger partial charge in [0.1, 0.15) is 30.5 Å². The first-order valence-electron chi connectivity index (χ1n) is 13.4. The zero-order chi connectivity index (χ0) is 29.0. The summed E-state index contributed by atoms with van der Waals surface area (Å²) in [4.78, 5) is 37.7. The third-order valence-electron chi connectivity index (χ3n) is 6.62. The highest BCUT2D eigenvalue weighted by atomic mass is 16.7. The van der Waals surface area contributed by atoms with Crippen LogP contribution >= 0.6 is 0 Å². The molecule has 39 heavy (non-hydrogen) atoms. The Kier molecular flexibility index (Phi) is 9.93. The smallest absolute Gasteiger partial charge is 0.309 e. The van der Waals surface area contributed by atoms with Crippen LogP contribution in [0.25, 0.3) is 0 Å². The summed E-state index contributed by atoms with van der Waals surface area (Å²) >= 11 is 0. The molecular weight excluding hydrogens is 504 g/mol. The molecular formula is C29H42N2O8. The van der Waals surface area contributed by atoms with E-state index in [4.69, 9.17) is 14.2 Å². The Morgan fingerprint density at radius 2 is 1.82 bits per heavy atom. The molecule has 2 unspecified atom stereocenters. The number of hydrogen-bond donors (Lipinski definition) is 4. The predicted molar refractivity (Wildman–Crippen MR) is 143 cm³/mol. The summed E-state index contributed by atoms with van der Waals surface area (Å²) in [6.07, 6.45) is -0.993. The van der Waals surface area contributed by atoms with Crippen LogP contribution in [0.4, 0.5) is 0 Å². The van der Waals surface area contributed by atoms with Gasteiger partial charge >= 0.3 is 5.97 Å². The van der Waals surface area contributed by atoms with E-state index in [1.54, 1.807) is 19.9 Å². The molecule has 216 valence electrons. The molecule has 0 spiro atoms. The van der Waals surface area contributed by atoms with Gasteiger partial charge < -0.3 is 35.1 Å². The zero-order valence-corrected chi connectivity index (χ0v) is 23.5. The number of carbonyl (C=O) groups excluding carboxylic acids is 3. The highest BCUT2D eigenvalue weighted by Gasteiger charge is 2.47. The highest BCUT2D eigenvalue weighted by molar-refractivity contribution is 5.89. The number of benzene rings is 1. The Hall–Kier alpha value is -2.79. The molecule has 10 nitrogen and oxygen atoms in total. The van der Waals surface area contributed by atoms with E-state index in [0.717, 1.165) is 5.56 Å². The van der Waals surface area contributed by atoms with Crippen molar-refractivity contribution in [3.63, 3.8) is 0 Å². The first kappa shape index (κ1) is 30.7. The fourth-order valence-electron chi connectivity index (χ4n) is 4.59. The van der Waals surface area contributed by atoms with Crippen LogP contribution in [-0.4, -0.2) is 76.9 Å².